The monoisotopic (exact) mass is 373 g/mol. The SMILES string of the molecule is Cc1cc(CO)cc(S(=O)(=O)NC(C)c2ncc[nH]2)c1Br. The molecule has 0 aliphatic carbocycles. The molecule has 0 aliphatic rings. The number of aliphatic hydroxyl groups excluding tert-OH is 1. The summed E-state index contributed by atoms with van der Waals surface area (Å²) in [4.78, 5) is 7.01. The number of hydrogen-bond acceptors (Lipinski definition) is 4. The molecule has 1 atom stereocenters. The summed E-state index contributed by atoms with van der Waals surface area (Å²) in [7, 11) is -3.74. The molecule has 0 amide bonds. The Morgan fingerprint density at radius 3 is 2.76 bits per heavy atom. The Morgan fingerprint density at radius 2 is 2.19 bits per heavy atom. The second kappa shape index (κ2) is 6.27. The first-order valence-corrected chi connectivity index (χ1v) is 8.54. The summed E-state index contributed by atoms with van der Waals surface area (Å²) in [5.74, 6) is 0.532. The molecule has 1 aromatic carbocycles. The molecule has 3 N–H and O–H groups in total. The first kappa shape index (κ1) is 16.2. The van der Waals surface area contributed by atoms with Gasteiger partial charge in [0.15, 0.2) is 0 Å². The van der Waals surface area contributed by atoms with Gasteiger partial charge in [0.25, 0.3) is 0 Å². The zero-order valence-electron chi connectivity index (χ0n) is 11.6. The largest absolute Gasteiger partial charge is 0.392 e. The average Bonchev–Trinajstić information content (AvgIpc) is 2.95. The van der Waals surface area contributed by atoms with E-state index in [9.17, 15) is 13.5 Å². The molecular weight excluding hydrogens is 358 g/mol. The molecule has 0 spiro atoms. The van der Waals surface area contributed by atoms with Gasteiger partial charge in [0, 0.05) is 16.9 Å². The van der Waals surface area contributed by atoms with Gasteiger partial charge in [-0.1, -0.05) is 6.07 Å². The molecule has 1 heterocycles. The number of H-pyrrole nitrogens is 1. The number of aromatic amines is 1. The Hall–Kier alpha value is -1.22. The Kier molecular flexibility index (Phi) is 4.82. The van der Waals surface area contributed by atoms with E-state index in [0.29, 0.717) is 15.9 Å². The van der Waals surface area contributed by atoms with Crippen molar-refractivity contribution in [1.82, 2.24) is 14.7 Å². The molecule has 2 rings (SSSR count). The Bertz CT molecular complexity index is 729. The van der Waals surface area contributed by atoms with E-state index in [2.05, 4.69) is 30.6 Å². The predicted octanol–water partition coefficient (Wildman–Crippen LogP) is 2.01. The van der Waals surface area contributed by atoms with E-state index in [4.69, 9.17) is 0 Å². The number of sulfonamides is 1. The van der Waals surface area contributed by atoms with E-state index in [1.807, 2.05) is 0 Å². The van der Waals surface area contributed by atoms with Gasteiger partial charge < -0.3 is 10.1 Å². The van der Waals surface area contributed by atoms with Crippen LogP contribution in [0.5, 0.6) is 0 Å². The van der Waals surface area contributed by atoms with Crippen molar-refractivity contribution in [3.05, 3.63) is 46.0 Å². The molecule has 1 aromatic heterocycles. The molecular formula is C13H16BrN3O3S. The van der Waals surface area contributed by atoms with Crippen LogP contribution in [0.15, 0.2) is 33.9 Å². The Balaban J connectivity index is 2.38. The van der Waals surface area contributed by atoms with Crippen LogP contribution in [-0.4, -0.2) is 23.5 Å². The number of aryl methyl sites for hydroxylation is 1. The van der Waals surface area contributed by atoms with Gasteiger partial charge >= 0.3 is 0 Å². The van der Waals surface area contributed by atoms with E-state index >= 15 is 0 Å². The van der Waals surface area contributed by atoms with Gasteiger partial charge in [-0.2, -0.15) is 0 Å². The lowest BCUT2D eigenvalue weighted by atomic mass is 10.1. The molecule has 21 heavy (non-hydrogen) atoms. The molecule has 1 unspecified atom stereocenters. The van der Waals surface area contributed by atoms with Crippen LogP contribution in [0, 0.1) is 6.92 Å². The molecule has 0 radical (unpaired) electrons. The summed E-state index contributed by atoms with van der Waals surface area (Å²) in [6.07, 6.45) is 3.19. The highest BCUT2D eigenvalue weighted by atomic mass is 79.9. The molecule has 0 bridgehead atoms. The number of halogens is 1. The summed E-state index contributed by atoms with van der Waals surface area (Å²) in [6, 6.07) is 2.70. The topological polar surface area (TPSA) is 95.1 Å². The van der Waals surface area contributed by atoms with Crippen LogP contribution >= 0.6 is 15.9 Å². The second-order valence-corrected chi connectivity index (χ2v) is 7.18. The van der Waals surface area contributed by atoms with Crippen LogP contribution in [0.25, 0.3) is 0 Å². The third-order valence-corrected chi connectivity index (χ3v) is 5.89. The number of imidazole rings is 1. The van der Waals surface area contributed by atoms with E-state index < -0.39 is 16.1 Å². The van der Waals surface area contributed by atoms with Crippen molar-refractivity contribution < 1.29 is 13.5 Å². The second-order valence-electron chi connectivity index (χ2n) is 4.70. The predicted molar refractivity (Wildman–Crippen MR) is 82.1 cm³/mol. The first-order chi connectivity index (χ1) is 9.85. The molecule has 0 saturated heterocycles. The lowest BCUT2D eigenvalue weighted by Crippen LogP contribution is -2.28. The van der Waals surface area contributed by atoms with Gasteiger partial charge in [0.2, 0.25) is 10.0 Å². The zero-order chi connectivity index (χ0) is 15.6. The quantitative estimate of drug-likeness (QED) is 0.746. The van der Waals surface area contributed by atoms with Crippen LogP contribution in [0.4, 0.5) is 0 Å². The van der Waals surface area contributed by atoms with E-state index in [-0.39, 0.29) is 11.5 Å². The van der Waals surface area contributed by atoms with Crippen molar-refractivity contribution in [2.75, 3.05) is 0 Å². The highest BCUT2D eigenvalue weighted by molar-refractivity contribution is 9.10. The van der Waals surface area contributed by atoms with Crippen LogP contribution in [0.1, 0.15) is 29.9 Å². The number of benzene rings is 1. The zero-order valence-corrected chi connectivity index (χ0v) is 14.0. The van der Waals surface area contributed by atoms with Crippen LogP contribution < -0.4 is 4.72 Å². The maximum Gasteiger partial charge on any atom is 0.242 e. The van der Waals surface area contributed by atoms with E-state index in [0.717, 1.165) is 5.56 Å². The highest BCUT2D eigenvalue weighted by Crippen LogP contribution is 2.28. The average molecular weight is 374 g/mol. The van der Waals surface area contributed by atoms with Crippen molar-refractivity contribution in [3.8, 4) is 0 Å². The standard InChI is InChI=1S/C13H16BrN3O3S/c1-8-5-10(7-18)6-11(12(8)14)21(19,20)17-9(2)13-15-3-4-16-13/h3-6,9,17-18H,7H2,1-2H3,(H,15,16). The summed E-state index contributed by atoms with van der Waals surface area (Å²) in [5.41, 5.74) is 1.29. The maximum atomic E-state index is 12.5. The van der Waals surface area contributed by atoms with Crippen molar-refractivity contribution in [2.24, 2.45) is 0 Å². The normalized spacial score (nSPS) is 13.3. The lowest BCUT2D eigenvalue weighted by Gasteiger charge is -2.15. The molecule has 0 fully saturated rings. The lowest BCUT2D eigenvalue weighted by molar-refractivity contribution is 0.281. The van der Waals surface area contributed by atoms with Crippen molar-refractivity contribution >= 4 is 26.0 Å². The fourth-order valence-corrected chi connectivity index (χ4v) is 4.24. The number of rotatable bonds is 5. The van der Waals surface area contributed by atoms with Crippen LogP contribution in [0.3, 0.4) is 0 Å². The van der Waals surface area contributed by atoms with Crippen LogP contribution in [0.2, 0.25) is 0 Å². The smallest absolute Gasteiger partial charge is 0.242 e. The van der Waals surface area contributed by atoms with Gasteiger partial charge in [-0.25, -0.2) is 18.1 Å². The summed E-state index contributed by atoms with van der Waals surface area (Å²) < 4.78 is 28.1. The number of hydrogen-bond donors (Lipinski definition) is 3. The fourth-order valence-electron chi connectivity index (χ4n) is 1.96. The summed E-state index contributed by atoms with van der Waals surface area (Å²) in [5, 5.41) is 9.23. The minimum absolute atomic E-state index is 0.102. The minimum Gasteiger partial charge on any atom is -0.392 e. The number of aromatic nitrogens is 2. The third kappa shape index (κ3) is 3.52. The van der Waals surface area contributed by atoms with E-state index in [1.54, 1.807) is 32.3 Å². The number of aliphatic hydroxyl groups is 1. The van der Waals surface area contributed by atoms with Crippen molar-refractivity contribution in [3.63, 3.8) is 0 Å². The molecule has 0 saturated carbocycles. The Morgan fingerprint density at radius 1 is 1.48 bits per heavy atom. The van der Waals surface area contributed by atoms with Crippen molar-refractivity contribution in [2.45, 2.75) is 31.4 Å². The molecule has 114 valence electrons. The molecule has 8 heteroatoms. The number of nitrogens with zero attached hydrogens (tertiary/aromatic N) is 1. The molecule has 2 aromatic rings. The third-order valence-electron chi connectivity index (χ3n) is 3.01. The summed E-state index contributed by atoms with van der Waals surface area (Å²) in [6.45, 7) is 3.26. The maximum absolute atomic E-state index is 12.5. The van der Waals surface area contributed by atoms with Crippen LogP contribution in [-0.2, 0) is 16.6 Å². The van der Waals surface area contributed by atoms with Crippen molar-refractivity contribution in [1.29, 1.82) is 0 Å². The van der Waals surface area contributed by atoms with Gasteiger partial charge in [0.05, 0.1) is 17.5 Å². The van der Waals surface area contributed by atoms with Gasteiger partial charge in [-0.05, 0) is 47.0 Å². The summed E-state index contributed by atoms with van der Waals surface area (Å²) >= 11 is 3.29. The highest BCUT2D eigenvalue weighted by Gasteiger charge is 2.23. The molecule has 0 aliphatic heterocycles. The minimum atomic E-state index is -3.74. The van der Waals surface area contributed by atoms with E-state index in [1.165, 1.54) is 6.07 Å². The van der Waals surface area contributed by atoms with Gasteiger partial charge in [0.1, 0.15) is 5.82 Å². The van der Waals surface area contributed by atoms with Gasteiger partial charge in [-0.15, -0.1) is 0 Å². The molecule has 6 nitrogen and oxygen atoms in total. The first-order valence-electron chi connectivity index (χ1n) is 6.26. The van der Waals surface area contributed by atoms with Gasteiger partial charge in [-0.3, -0.25) is 0 Å². The Labute approximate surface area is 131 Å². The number of nitrogens with one attached hydrogen (secondary N) is 2. The fraction of sp³-hybridized carbons (Fsp3) is 0.308.